The second-order valence-corrected chi connectivity index (χ2v) is 7.87. The summed E-state index contributed by atoms with van der Waals surface area (Å²) in [5.41, 5.74) is 2.12. The molecule has 142 valence electrons. The first-order valence-corrected chi connectivity index (χ1v) is 9.82. The van der Waals surface area contributed by atoms with Crippen LogP contribution in [-0.4, -0.2) is 23.8 Å². The van der Waals surface area contributed by atoms with Gasteiger partial charge < -0.3 is 10.2 Å². The van der Waals surface area contributed by atoms with Crippen LogP contribution >= 0.6 is 11.3 Å². The molecule has 0 spiro atoms. The van der Waals surface area contributed by atoms with Crippen LogP contribution in [-0.2, 0) is 4.79 Å². The van der Waals surface area contributed by atoms with Crippen molar-refractivity contribution < 1.29 is 14.0 Å². The number of aryl methyl sites for hydroxylation is 1. The summed E-state index contributed by atoms with van der Waals surface area (Å²) in [4.78, 5) is 28.7. The second-order valence-electron chi connectivity index (χ2n) is 6.89. The van der Waals surface area contributed by atoms with Gasteiger partial charge in [0.2, 0.25) is 5.91 Å². The number of anilines is 1. The lowest BCUT2D eigenvalue weighted by molar-refractivity contribution is -0.119. The van der Waals surface area contributed by atoms with E-state index in [2.05, 4.69) is 5.32 Å². The highest BCUT2D eigenvalue weighted by Gasteiger charge is 2.43. The highest BCUT2D eigenvalue weighted by molar-refractivity contribution is 7.10. The Morgan fingerprint density at radius 2 is 1.93 bits per heavy atom. The number of halogens is 1. The minimum atomic E-state index is -0.595. The van der Waals surface area contributed by atoms with E-state index in [4.69, 9.17) is 0 Å². The highest BCUT2D eigenvalue weighted by Crippen LogP contribution is 2.43. The largest absolute Gasteiger partial charge is 0.333 e. The molecule has 0 radical (unpaired) electrons. The van der Waals surface area contributed by atoms with Crippen LogP contribution < -0.4 is 5.32 Å². The number of carbonyl (C=O) groups excluding carboxylic acids is 2. The number of likely N-dealkylation sites (N-methyl/N-ethyl adjacent to an activating group) is 1. The third-order valence-electron chi connectivity index (χ3n) is 5.14. The van der Waals surface area contributed by atoms with Gasteiger partial charge in [0.1, 0.15) is 5.82 Å². The van der Waals surface area contributed by atoms with Crippen LogP contribution in [0.4, 0.5) is 10.1 Å². The molecule has 0 unspecified atom stereocenters. The first-order chi connectivity index (χ1) is 13.5. The summed E-state index contributed by atoms with van der Waals surface area (Å²) in [5.74, 6) is -1.35. The number of nitrogens with zero attached hydrogens (tertiary/aromatic N) is 1. The van der Waals surface area contributed by atoms with Gasteiger partial charge in [-0.2, -0.15) is 0 Å². The van der Waals surface area contributed by atoms with Crippen molar-refractivity contribution in [1.29, 1.82) is 0 Å². The number of hydrogen-bond acceptors (Lipinski definition) is 3. The Morgan fingerprint density at radius 3 is 2.64 bits per heavy atom. The lowest BCUT2D eigenvalue weighted by Crippen LogP contribution is -2.43. The fourth-order valence-electron chi connectivity index (χ4n) is 3.66. The van der Waals surface area contributed by atoms with E-state index in [0.29, 0.717) is 22.4 Å². The van der Waals surface area contributed by atoms with Crippen molar-refractivity contribution >= 4 is 28.8 Å². The van der Waals surface area contributed by atoms with Gasteiger partial charge in [-0.1, -0.05) is 30.3 Å². The Bertz CT molecular complexity index is 1050. The number of thiophene rings is 1. The lowest BCUT2D eigenvalue weighted by Gasteiger charge is -2.39. The summed E-state index contributed by atoms with van der Waals surface area (Å²) in [7, 11) is 1.72. The molecule has 6 heteroatoms. The molecule has 2 amide bonds. The zero-order chi connectivity index (χ0) is 19.8. The summed E-state index contributed by atoms with van der Waals surface area (Å²) < 4.78 is 13.9. The van der Waals surface area contributed by atoms with Gasteiger partial charge in [0.05, 0.1) is 12.0 Å². The fraction of sp³-hybridized carbons (Fsp3) is 0.182. The molecule has 28 heavy (non-hydrogen) atoms. The molecule has 1 N–H and O–H groups in total. The van der Waals surface area contributed by atoms with E-state index in [1.54, 1.807) is 43.1 Å². The molecule has 0 bridgehead atoms. The summed E-state index contributed by atoms with van der Waals surface area (Å²) in [6.45, 7) is 1.67. The van der Waals surface area contributed by atoms with Gasteiger partial charge in [0.15, 0.2) is 0 Å². The Balaban J connectivity index is 1.78. The SMILES string of the molecule is Cc1ccc(NC(=O)[C@H]2c3ccccc3C(=O)N(C)[C@H]2c2cccs2)cc1F. The van der Waals surface area contributed by atoms with Crippen LogP contribution in [0.1, 0.15) is 38.3 Å². The van der Waals surface area contributed by atoms with E-state index < -0.39 is 12.0 Å². The molecule has 3 aromatic rings. The van der Waals surface area contributed by atoms with Crippen molar-refractivity contribution in [1.82, 2.24) is 4.90 Å². The number of rotatable bonds is 3. The Hall–Kier alpha value is -2.99. The molecular formula is C22H19FN2O2S. The van der Waals surface area contributed by atoms with Crippen LogP contribution in [0, 0.1) is 12.7 Å². The number of hydrogen-bond donors (Lipinski definition) is 1. The number of fused-ring (bicyclic) bond motifs is 1. The summed E-state index contributed by atoms with van der Waals surface area (Å²) in [6, 6.07) is 15.2. The van der Waals surface area contributed by atoms with E-state index in [0.717, 1.165) is 4.88 Å². The van der Waals surface area contributed by atoms with Crippen LogP contribution in [0.3, 0.4) is 0 Å². The molecule has 1 aliphatic heterocycles. The Labute approximate surface area is 166 Å². The fourth-order valence-corrected chi connectivity index (χ4v) is 4.57. The van der Waals surface area contributed by atoms with Crippen LogP contribution in [0.5, 0.6) is 0 Å². The molecule has 2 heterocycles. The summed E-state index contributed by atoms with van der Waals surface area (Å²) in [6.07, 6.45) is 0. The van der Waals surface area contributed by atoms with Crippen molar-refractivity contribution in [2.75, 3.05) is 12.4 Å². The van der Waals surface area contributed by atoms with Crippen LogP contribution in [0.15, 0.2) is 60.0 Å². The smallest absolute Gasteiger partial charge is 0.254 e. The van der Waals surface area contributed by atoms with Crippen molar-refractivity contribution in [2.45, 2.75) is 18.9 Å². The zero-order valence-electron chi connectivity index (χ0n) is 15.5. The predicted molar refractivity (Wildman–Crippen MR) is 108 cm³/mol. The molecule has 1 aliphatic rings. The van der Waals surface area contributed by atoms with Crippen LogP contribution in [0.2, 0.25) is 0 Å². The second kappa shape index (κ2) is 7.20. The quantitative estimate of drug-likeness (QED) is 0.697. The maximum Gasteiger partial charge on any atom is 0.254 e. The first kappa shape index (κ1) is 18.4. The number of amides is 2. The number of benzene rings is 2. The molecule has 1 aromatic heterocycles. The lowest BCUT2D eigenvalue weighted by atomic mass is 9.81. The maximum atomic E-state index is 13.9. The van der Waals surface area contributed by atoms with E-state index in [1.165, 1.54) is 17.4 Å². The molecule has 4 nitrogen and oxygen atoms in total. The minimum absolute atomic E-state index is 0.112. The highest BCUT2D eigenvalue weighted by atomic mass is 32.1. The molecule has 2 atom stereocenters. The van der Waals surface area contributed by atoms with E-state index in [1.807, 2.05) is 29.6 Å². The van der Waals surface area contributed by atoms with Gasteiger partial charge in [-0.25, -0.2) is 4.39 Å². The monoisotopic (exact) mass is 394 g/mol. The average Bonchev–Trinajstić information content (AvgIpc) is 3.21. The van der Waals surface area contributed by atoms with Gasteiger partial charge >= 0.3 is 0 Å². The molecule has 0 saturated carbocycles. The van der Waals surface area contributed by atoms with E-state index >= 15 is 0 Å². The van der Waals surface area contributed by atoms with E-state index in [-0.39, 0.29) is 17.6 Å². The van der Waals surface area contributed by atoms with Crippen LogP contribution in [0.25, 0.3) is 0 Å². The Morgan fingerprint density at radius 1 is 1.14 bits per heavy atom. The molecule has 4 rings (SSSR count). The number of nitrogens with one attached hydrogen (secondary N) is 1. The predicted octanol–water partition coefficient (Wildman–Crippen LogP) is 4.74. The molecule has 0 aliphatic carbocycles. The van der Waals surface area contributed by atoms with Gasteiger partial charge in [-0.15, -0.1) is 11.3 Å². The molecule has 2 aromatic carbocycles. The average molecular weight is 394 g/mol. The Kier molecular flexibility index (Phi) is 4.73. The first-order valence-electron chi connectivity index (χ1n) is 8.94. The summed E-state index contributed by atoms with van der Waals surface area (Å²) in [5, 5.41) is 4.76. The molecule has 0 saturated heterocycles. The zero-order valence-corrected chi connectivity index (χ0v) is 16.3. The minimum Gasteiger partial charge on any atom is -0.333 e. The van der Waals surface area contributed by atoms with Gasteiger partial charge in [0, 0.05) is 23.2 Å². The van der Waals surface area contributed by atoms with Crippen molar-refractivity contribution in [3.05, 3.63) is 87.4 Å². The topological polar surface area (TPSA) is 49.4 Å². The van der Waals surface area contributed by atoms with Gasteiger partial charge in [0.25, 0.3) is 5.91 Å². The molecular weight excluding hydrogens is 375 g/mol. The third-order valence-corrected chi connectivity index (χ3v) is 6.08. The van der Waals surface area contributed by atoms with Crippen molar-refractivity contribution in [3.63, 3.8) is 0 Å². The third kappa shape index (κ3) is 3.10. The number of carbonyl (C=O) groups is 2. The molecule has 0 fully saturated rings. The standard InChI is InChI=1S/C22H19FN2O2S/c1-13-9-10-14(12-17(13)23)24-21(26)19-15-6-3-4-7-16(15)22(27)25(2)20(19)18-8-5-11-28-18/h3-12,19-20H,1-2H3,(H,24,26)/t19-,20-/m0/s1. The normalized spacial score (nSPS) is 18.7. The van der Waals surface area contributed by atoms with Crippen molar-refractivity contribution in [2.24, 2.45) is 0 Å². The van der Waals surface area contributed by atoms with Gasteiger partial charge in [-0.05, 0) is 47.7 Å². The van der Waals surface area contributed by atoms with Crippen molar-refractivity contribution in [3.8, 4) is 0 Å². The van der Waals surface area contributed by atoms with Gasteiger partial charge in [-0.3, -0.25) is 9.59 Å². The van der Waals surface area contributed by atoms with E-state index in [9.17, 15) is 14.0 Å². The summed E-state index contributed by atoms with van der Waals surface area (Å²) >= 11 is 1.51. The maximum absolute atomic E-state index is 13.9.